The van der Waals surface area contributed by atoms with E-state index in [1.165, 1.54) is 27.4 Å². The van der Waals surface area contributed by atoms with Gasteiger partial charge >= 0.3 is 0 Å². The molecule has 1 amide bonds. The SMILES string of the molecule is CC(C)[NH+](CCSC(=O)N1c2ccc3ccccc3c2Sc2cccnc21)C(C)C.[Cl-]. The number of quaternary nitrogens is 1. The number of pyridine rings is 1. The summed E-state index contributed by atoms with van der Waals surface area (Å²) in [4.78, 5) is 23.5. The maximum atomic E-state index is 13.4. The zero-order valence-corrected chi connectivity index (χ0v) is 20.7. The van der Waals surface area contributed by atoms with Crippen molar-refractivity contribution in [2.75, 3.05) is 17.2 Å². The Hall–Kier alpha value is -1.73. The van der Waals surface area contributed by atoms with Gasteiger partial charge in [-0.15, -0.1) is 0 Å². The van der Waals surface area contributed by atoms with Crippen molar-refractivity contribution in [2.45, 2.75) is 49.6 Å². The highest BCUT2D eigenvalue weighted by molar-refractivity contribution is 8.14. The number of nitrogens with zero attached hydrogens (tertiary/aromatic N) is 2. The minimum absolute atomic E-state index is 0. The van der Waals surface area contributed by atoms with Crippen LogP contribution in [0, 0.1) is 0 Å². The quantitative estimate of drug-likeness (QED) is 0.617. The summed E-state index contributed by atoms with van der Waals surface area (Å²) in [6.07, 6.45) is 1.76. The van der Waals surface area contributed by atoms with Crippen molar-refractivity contribution < 1.29 is 22.1 Å². The number of nitrogens with one attached hydrogen (secondary N) is 1. The third-order valence-electron chi connectivity index (χ3n) is 5.56. The Morgan fingerprint density at radius 1 is 1.06 bits per heavy atom. The van der Waals surface area contributed by atoms with Gasteiger partial charge in [-0.1, -0.05) is 53.9 Å². The first-order chi connectivity index (χ1) is 14.5. The number of rotatable bonds is 5. The summed E-state index contributed by atoms with van der Waals surface area (Å²) in [5.41, 5.74) is 0.930. The topological polar surface area (TPSA) is 37.6 Å². The van der Waals surface area contributed by atoms with Crippen molar-refractivity contribution in [1.82, 2.24) is 4.98 Å². The average Bonchev–Trinajstić information content (AvgIpc) is 2.74. The molecule has 0 aliphatic carbocycles. The lowest BCUT2D eigenvalue weighted by Gasteiger charge is -2.31. The van der Waals surface area contributed by atoms with Gasteiger partial charge in [0.15, 0.2) is 5.82 Å². The largest absolute Gasteiger partial charge is 1.00 e. The van der Waals surface area contributed by atoms with E-state index in [2.05, 4.69) is 63.0 Å². The van der Waals surface area contributed by atoms with E-state index in [4.69, 9.17) is 0 Å². The molecule has 0 saturated heterocycles. The smallest absolute Gasteiger partial charge is 0.292 e. The molecule has 3 aromatic rings. The number of carbonyl (C=O) groups excluding carboxylic acids is 1. The van der Waals surface area contributed by atoms with Crippen LogP contribution >= 0.6 is 23.5 Å². The molecule has 0 unspecified atom stereocenters. The molecule has 1 aliphatic heterocycles. The Morgan fingerprint density at radius 3 is 2.55 bits per heavy atom. The third kappa shape index (κ3) is 4.87. The molecule has 2 heterocycles. The highest BCUT2D eigenvalue weighted by Crippen LogP contribution is 2.50. The van der Waals surface area contributed by atoms with E-state index in [1.807, 2.05) is 23.1 Å². The van der Waals surface area contributed by atoms with Crippen LogP contribution in [0.4, 0.5) is 16.3 Å². The van der Waals surface area contributed by atoms with Gasteiger partial charge < -0.3 is 17.3 Å². The maximum absolute atomic E-state index is 13.4. The Balaban J connectivity index is 0.00000272. The first-order valence-electron chi connectivity index (χ1n) is 10.4. The summed E-state index contributed by atoms with van der Waals surface area (Å²) in [6.45, 7) is 9.93. The van der Waals surface area contributed by atoms with Gasteiger partial charge in [0.2, 0.25) is 0 Å². The minimum Gasteiger partial charge on any atom is -1.00 e. The van der Waals surface area contributed by atoms with Crippen LogP contribution in [0.25, 0.3) is 10.8 Å². The maximum Gasteiger partial charge on any atom is 0.292 e. The van der Waals surface area contributed by atoms with Crippen LogP contribution in [0.3, 0.4) is 0 Å². The Kier molecular flexibility index (Phi) is 7.92. The van der Waals surface area contributed by atoms with Crippen molar-refractivity contribution in [3.63, 3.8) is 0 Å². The number of anilines is 2. The van der Waals surface area contributed by atoms with E-state index in [0.29, 0.717) is 12.1 Å². The van der Waals surface area contributed by atoms with Gasteiger partial charge in [0.25, 0.3) is 5.24 Å². The fourth-order valence-electron chi connectivity index (χ4n) is 4.12. The van der Waals surface area contributed by atoms with Gasteiger partial charge in [-0.2, -0.15) is 0 Å². The molecular formula is C24H28ClN3OS2. The van der Waals surface area contributed by atoms with Crippen LogP contribution in [0.1, 0.15) is 27.7 Å². The molecule has 0 atom stereocenters. The van der Waals surface area contributed by atoms with E-state index in [9.17, 15) is 4.79 Å². The number of hydrogen-bond acceptors (Lipinski definition) is 4. The van der Waals surface area contributed by atoms with Gasteiger partial charge in [-0.05, 0) is 56.7 Å². The summed E-state index contributed by atoms with van der Waals surface area (Å²) in [5.74, 6) is 1.53. The van der Waals surface area contributed by atoms with Crippen LogP contribution < -0.4 is 22.2 Å². The highest BCUT2D eigenvalue weighted by Gasteiger charge is 2.31. The molecule has 2 aromatic carbocycles. The molecular weight excluding hydrogens is 446 g/mol. The molecule has 164 valence electrons. The summed E-state index contributed by atoms with van der Waals surface area (Å²) in [6, 6.07) is 17.6. The number of amides is 1. The second-order valence-corrected chi connectivity index (χ2v) is 10.2. The van der Waals surface area contributed by atoms with Crippen molar-refractivity contribution in [2.24, 2.45) is 0 Å². The molecule has 4 rings (SSSR count). The number of benzene rings is 2. The number of halogens is 1. The van der Waals surface area contributed by atoms with Crippen molar-refractivity contribution in [3.8, 4) is 0 Å². The second-order valence-electron chi connectivity index (χ2n) is 8.15. The third-order valence-corrected chi connectivity index (χ3v) is 7.57. The van der Waals surface area contributed by atoms with Crippen molar-refractivity contribution in [1.29, 1.82) is 0 Å². The predicted octanol–water partition coefficient (Wildman–Crippen LogP) is 2.40. The zero-order chi connectivity index (χ0) is 21.3. The van der Waals surface area contributed by atoms with Crippen molar-refractivity contribution >= 4 is 51.0 Å². The van der Waals surface area contributed by atoms with Gasteiger partial charge in [0.1, 0.15) is 0 Å². The van der Waals surface area contributed by atoms with Gasteiger partial charge in [0, 0.05) is 11.1 Å². The lowest BCUT2D eigenvalue weighted by atomic mass is 10.1. The molecule has 1 aliphatic rings. The minimum atomic E-state index is 0. The first-order valence-corrected chi connectivity index (χ1v) is 12.2. The monoisotopic (exact) mass is 473 g/mol. The molecule has 4 nitrogen and oxygen atoms in total. The van der Waals surface area contributed by atoms with E-state index >= 15 is 0 Å². The lowest BCUT2D eigenvalue weighted by Crippen LogP contribution is -3.18. The predicted molar refractivity (Wildman–Crippen MR) is 128 cm³/mol. The van der Waals surface area contributed by atoms with E-state index in [0.717, 1.165) is 33.6 Å². The molecule has 7 heteroatoms. The lowest BCUT2D eigenvalue weighted by molar-refractivity contribution is -0.939. The second kappa shape index (κ2) is 10.3. The van der Waals surface area contributed by atoms with Gasteiger partial charge in [-0.25, -0.2) is 4.98 Å². The van der Waals surface area contributed by atoms with Crippen LogP contribution in [-0.4, -0.2) is 34.6 Å². The van der Waals surface area contributed by atoms with Crippen LogP contribution in [0.5, 0.6) is 0 Å². The summed E-state index contributed by atoms with van der Waals surface area (Å²) in [5, 5.41) is 2.40. The van der Waals surface area contributed by atoms with E-state index in [1.54, 1.807) is 18.0 Å². The zero-order valence-electron chi connectivity index (χ0n) is 18.3. The molecule has 1 N–H and O–H groups in total. The van der Waals surface area contributed by atoms with E-state index in [-0.39, 0.29) is 17.6 Å². The average molecular weight is 474 g/mol. The number of aromatic nitrogens is 1. The number of fused-ring (bicyclic) bond motifs is 4. The normalized spacial score (nSPS) is 12.8. The van der Waals surface area contributed by atoms with E-state index < -0.39 is 0 Å². The van der Waals surface area contributed by atoms with Crippen LogP contribution in [0.2, 0.25) is 0 Å². The molecule has 0 saturated carbocycles. The van der Waals surface area contributed by atoms with Crippen LogP contribution in [0.15, 0.2) is 64.5 Å². The van der Waals surface area contributed by atoms with Gasteiger partial charge in [-0.3, -0.25) is 9.69 Å². The summed E-state index contributed by atoms with van der Waals surface area (Å²) < 4.78 is 0. The fourth-order valence-corrected chi connectivity index (χ4v) is 6.11. The Bertz CT molecular complexity index is 1070. The van der Waals surface area contributed by atoms with Crippen molar-refractivity contribution in [3.05, 3.63) is 54.7 Å². The molecule has 0 bridgehead atoms. The molecule has 1 aromatic heterocycles. The number of hydrogen-bond donors (Lipinski definition) is 1. The molecule has 0 radical (unpaired) electrons. The summed E-state index contributed by atoms with van der Waals surface area (Å²) in [7, 11) is 0. The van der Waals surface area contributed by atoms with Crippen LogP contribution in [-0.2, 0) is 0 Å². The van der Waals surface area contributed by atoms with Gasteiger partial charge in [0.05, 0.1) is 35.0 Å². The molecule has 31 heavy (non-hydrogen) atoms. The number of thioether (sulfide) groups is 1. The molecule has 0 spiro atoms. The standard InChI is InChI=1S/C24H27N3OS2.ClH/c1-16(2)26(17(3)4)14-15-29-24(28)27-20-12-11-18-8-5-6-9-19(18)22(20)30-21-10-7-13-25-23(21)27;/h5-13,16-17H,14-15H2,1-4H3;1H. The first kappa shape index (κ1) is 23.9. The molecule has 0 fully saturated rings. The Morgan fingerprint density at radius 2 is 1.81 bits per heavy atom. The fraction of sp³-hybridized carbons (Fsp3) is 0.333. The summed E-state index contributed by atoms with van der Waals surface area (Å²) >= 11 is 3.10. The highest BCUT2D eigenvalue weighted by atomic mass is 35.5. The Labute approximate surface area is 199 Å². The number of carbonyl (C=O) groups is 1.